The van der Waals surface area contributed by atoms with Gasteiger partial charge in [0.15, 0.2) is 0 Å². The predicted molar refractivity (Wildman–Crippen MR) is 62.0 cm³/mol. The molecule has 0 saturated carbocycles. The first-order valence-corrected chi connectivity index (χ1v) is 5.74. The minimum absolute atomic E-state index is 0.158. The highest BCUT2D eigenvalue weighted by atomic mass is 19.1. The summed E-state index contributed by atoms with van der Waals surface area (Å²) in [4.78, 5) is 18.7. The third kappa shape index (κ3) is 1.75. The van der Waals surface area contributed by atoms with Crippen LogP contribution in [0.3, 0.4) is 0 Å². The fourth-order valence-electron chi connectivity index (χ4n) is 2.70. The minimum Gasteiger partial charge on any atom is -0.355 e. The van der Waals surface area contributed by atoms with Gasteiger partial charge in [0.25, 0.3) is 0 Å². The zero-order valence-electron chi connectivity index (χ0n) is 9.47. The summed E-state index contributed by atoms with van der Waals surface area (Å²) in [6, 6.07) is 0. The van der Waals surface area contributed by atoms with Crippen LogP contribution in [0.4, 0.5) is 4.39 Å². The quantitative estimate of drug-likeness (QED) is 0.667. The number of amides is 1. The van der Waals surface area contributed by atoms with Gasteiger partial charge >= 0.3 is 0 Å². The molecule has 3 rings (SSSR count). The molecule has 3 aliphatic rings. The number of halogens is 1. The Balaban J connectivity index is 1.61. The first-order valence-electron chi connectivity index (χ1n) is 5.74. The highest BCUT2D eigenvalue weighted by Crippen LogP contribution is 2.40. The zero-order chi connectivity index (χ0) is 11.9. The van der Waals surface area contributed by atoms with Gasteiger partial charge in [0.2, 0.25) is 6.41 Å². The number of rotatable bonds is 2. The number of allylic oxidation sites excluding steroid dienone is 3. The SMILES string of the molecule is O=CN1CC2(C1)CN(C1=CC=C(F)CC=N1)C2. The lowest BCUT2D eigenvalue weighted by Crippen LogP contribution is -2.71. The maximum absolute atomic E-state index is 13.0. The van der Waals surface area contributed by atoms with Gasteiger partial charge in [-0.2, -0.15) is 0 Å². The van der Waals surface area contributed by atoms with Crippen molar-refractivity contribution in [3.05, 3.63) is 23.8 Å². The van der Waals surface area contributed by atoms with E-state index in [2.05, 4.69) is 9.89 Å². The van der Waals surface area contributed by atoms with Crippen molar-refractivity contribution in [2.75, 3.05) is 26.2 Å². The predicted octanol–water partition coefficient (Wildman–Crippen LogP) is 0.930. The molecule has 2 fully saturated rings. The molecule has 0 N–H and O–H groups in total. The number of hydrogen-bond donors (Lipinski definition) is 0. The maximum atomic E-state index is 13.0. The molecular formula is C12H14FN3O. The van der Waals surface area contributed by atoms with Crippen LogP contribution in [0.1, 0.15) is 6.42 Å². The Morgan fingerprint density at radius 2 is 2.06 bits per heavy atom. The van der Waals surface area contributed by atoms with E-state index in [-0.39, 0.29) is 17.7 Å². The van der Waals surface area contributed by atoms with Crippen molar-refractivity contribution in [1.29, 1.82) is 0 Å². The van der Waals surface area contributed by atoms with Crippen LogP contribution in [0.15, 0.2) is 28.8 Å². The van der Waals surface area contributed by atoms with Gasteiger partial charge in [-0.15, -0.1) is 0 Å². The molecule has 90 valence electrons. The molecule has 0 unspecified atom stereocenters. The van der Waals surface area contributed by atoms with Gasteiger partial charge in [-0.1, -0.05) is 0 Å². The van der Waals surface area contributed by atoms with Gasteiger partial charge in [-0.05, 0) is 12.2 Å². The molecule has 1 spiro atoms. The highest BCUT2D eigenvalue weighted by molar-refractivity contribution is 5.63. The summed E-state index contributed by atoms with van der Waals surface area (Å²) in [6.45, 7) is 3.51. The second-order valence-electron chi connectivity index (χ2n) is 5.02. The smallest absolute Gasteiger partial charge is 0.209 e. The molecular weight excluding hydrogens is 221 g/mol. The monoisotopic (exact) mass is 235 g/mol. The van der Waals surface area contributed by atoms with E-state index in [9.17, 15) is 9.18 Å². The minimum atomic E-state index is -0.158. The Bertz CT molecular complexity index is 427. The Hall–Kier alpha value is -1.65. The zero-order valence-corrected chi connectivity index (χ0v) is 9.47. The van der Waals surface area contributed by atoms with Crippen molar-refractivity contribution in [3.8, 4) is 0 Å². The third-order valence-electron chi connectivity index (χ3n) is 3.53. The fraction of sp³-hybridized carbons (Fsp3) is 0.500. The van der Waals surface area contributed by atoms with Crippen LogP contribution in [-0.4, -0.2) is 48.6 Å². The Morgan fingerprint density at radius 3 is 2.76 bits per heavy atom. The lowest BCUT2D eigenvalue weighted by Gasteiger charge is -2.59. The second kappa shape index (κ2) is 3.68. The van der Waals surface area contributed by atoms with Gasteiger partial charge in [0.05, 0.1) is 0 Å². The van der Waals surface area contributed by atoms with Crippen molar-refractivity contribution >= 4 is 12.6 Å². The van der Waals surface area contributed by atoms with Gasteiger partial charge < -0.3 is 9.80 Å². The number of carbonyl (C=O) groups is 1. The van der Waals surface area contributed by atoms with E-state index in [1.165, 1.54) is 6.08 Å². The standard InChI is InChI=1S/C12H14FN3O/c13-10-1-2-11(14-4-3-10)16-7-12(8-16)5-15(6-12)9-17/h1-2,4,9H,3,5-8H2. The molecule has 0 bridgehead atoms. The summed E-state index contributed by atoms with van der Waals surface area (Å²) in [7, 11) is 0. The van der Waals surface area contributed by atoms with Crippen LogP contribution in [-0.2, 0) is 4.79 Å². The van der Waals surface area contributed by atoms with Gasteiger partial charge in [-0.3, -0.25) is 4.79 Å². The topological polar surface area (TPSA) is 35.9 Å². The number of aliphatic imine (C=N–C) groups is 1. The number of nitrogens with zero attached hydrogens (tertiary/aromatic N) is 3. The molecule has 5 heteroatoms. The fourth-order valence-corrected chi connectivity index (χ4v) is 2.70. The summed E-state index contributed by atoms with van der Waals surface area (Å²) < 4.78 is 13.0. The normalized spacial score (nSPS) is 25.7. The summed E-state index contributed by atoms with van der Waals surface area (Å²) in [5.74, 6) is 0.669. The van der Waals surface area contributed by atoms with Crippen LogP contribution in [0.25, 0.3) is 0 Å². The number of hydrogen-bond acceptors (Lipinski definition) is 3. The molecule has 0 aromatic heterocycles. The van der Waals surface area contributed by atoms with Gasteiger partial charge in [-0.25, -0.2) is 9.38 Å². The van der Waals surface area contributed by atoms with Crippen LogP contribution >= 0.6 is 0 Å². The summed E-state index contributed by atoms with van der Waals surface area (Å²) in [6.07, 6.45) is 5.98. The van der Waals surface area contributed by atoms with Crippen LogP contribution in [0.5, 0.6) is 0 Å². The van der Waals surface area contributed by atoms with E-state index in [1.54, 1.807) is 17.2 Å². The number of likely N-dealkylation sites (tertiary alicyclic amines) is 2. The van der Waals surface area contributed by atoms with Crippen molar-refractivity contribution in [2.24, 2.45) is 10.4 Å². The molecule has 3 heterocycles. The second-order valence-corrected chi connectivity index (χ2v) is 5.02. The van der Waals surface area contributed by atoms with Crippen molar-refractivity contribution in [2.45, 2.75) is 6.42 Å². The Morgan fingerprint density at radius 1 is 1.29 bits per heavy atom. The van der Waals surface area contributed by atoms with E-state index >= 15 is 0 Å². The van der Waals surface area contributed by atoms with E-state index in [4.69, 9.17) is 0 Å². The molecule has 0 aromatic rings. The summed E-state index contributed by atoms with van der Waals surface area (Å²) in [5.41, 5.74) is 0.270. The van der Waals surface area contributed by atoms with E-state index in [0.29, 0.717) is 0 Å². The summed E-state index contributed by atoms with van der Waals surface area (Å²) >= 11 is 0. The average molecular weight is 235 g/mol. The third-order valence-corrected chi connectivity index (χ3v) is 3.53. The Kier molecular flexibility index (Phi) is 2.28. The number of carbonyl (C=O) groups excluding carboxylic acids is 1. The van der Waals surface area contributed by atoms with Gasteiger partial charge in [0.1, 0.15) is 11.6 Å². The first-order chi connectivity index (χ1) is 8.21. The molecule has 0 radical (unpaired) electrons. The Labute approximate surface area is 99.1 Å². The van der Waals surface area contributed by atoms with Gasteiger partial charge in [0, 0.05) is 44.2 Å². The maximum Gasteiger partial charge on any atom is 0.209 e. The van der Waals surface area contributed by atoms with Crippen molar-refractivity contribution in [1.82, 2.24) is 9.80 Å². The first kappa shape index (κ1) is 10.5. The molecule has 2 saturated heterocycles. The highest BCUT2D eigenvalue weighted by Gasteiger charge is 2.51. The molecule has 4 nitrogen and oxygen atoms in total. The van der Waals surface area contributed by atoms with Crippen LogP contribution in [0, 0.1) is 5.41 Å². The van der Waals surface area contributed by atoms with Crippen molar-refractivity contribution < 1.29 is 9.18 Å². The molecule has 0 aromatic carbocycles. The molecule has 0 atom stereocenters. The average Bonchev–Trinajstić information content (AvgIpc) is 2.40. The lowest BCUT2D eigenvalue weighted by molar-refractivity contribution is -0.142. The molecule has 17 heavy (non-hydrogen) atoms. The summed E-state index contributed by atoms with van der Waals surface area (Å²) in [5, 5.41) is 0. The van der Waals surface area contributed by atoms with E-state index in [0.717, 1.165) is 38.4 Å². The van der Waals surface area contributed by atoms with Crippen LogP contribution in [0.2, 0.25) is 0 Å². The van der Waals surface area contributed by atoms with Crippen molar-refractivity contribution in [3.63, 3.8) is 0 Å². The molecule has 1 amide bonds. The lowest BCUT2D eigenvalue weighted by atomic mass is 9.73. The largest absolute Gasteiger partial charge is 0.355 e. The molecule has 3 aliphatic heterocycles. The van der Waals surface area contributed by atoms with E-state index < -0.39 is 0 Å². The molecule has 0 aliphatic carbocycles. The van der Waals surface area contributed by atoms with E-state index in [1.807, 2.05) is 0 Å². The van der Waals surface area contributed by atoms with Crippen LogP contribution < -0.4 is 0 Å².